The summed E-state index contributed by atoms with van der Waals surface area (Å²) in [5.74, 6) is 0.937. The Morgan fingerprint density at radius 3 is 2.50 bits per heavy atom. The van der Waals surface area contributed by atoms with Crippen molar-refractivity contribution in [1.82, 2.24) is 15.3 Å². The molecule has 1 N–H and O–H groups in total. The van der Waals surface area contributed by atoms with Crippen molar-refractivity contribution in [3.05, 3.63) is 0 Å². The molecule has 0 bridgehead atoms. The van der Waals surface area contributed by atoms with Gasteiger partial charge in [0.1, 0.15) is 0 Å². The minimum Gasteiger partial charge on any atom is -0.305 e. The quantitative estimate of drug-likeness (QED) is 0.786. The Bertz CT molecular complexity index is 199. The molecule has 0 aromatic rings. The van der Waals surface area contributed by atoms with Crippen molar-refractivity contribution in [3.63, 3.8) is 0 Å². The first kappa shape index (κ1) is 12.3. The lowest BCUT2D eigenvalue weighted by Crippen LogP contribution is -2.41. The van der Waals surface area contributed by atoms with E-state index in [9.17, 15) is 0 Å². The van der Waals surface area contributed by atoms with Gasteiger partial charge in [0.2, 0.25) is 0 Å². The van der Waals surface area contributed by atoms with Crippen LogP contribution in [0.5, 0.6) is 0 Å². The zero-order valence-electron chi connectivity index (χ0n) is 10.9. The molecule has 1 saturated carbocycles. The van der Waals surface area contributed by atoms with Crippen LogP contribution in [-0.2, 0) is 0 Å². The van der Waals surface area contributed by atoms with Crippen LogP contribution in [0.15, 0.2) is 0 Å². The fraction of sp³-hybridized carbons (Fsp3) is 1.00. The first-order chi connectivity index (χ1) is 7.75. The zero-order chi connectivity index (χ0) is 11.4. The molecule has 94 valence electrons. The van der Waals surface area contributed by atoms with Crippen LogP contribution < -0.4 is 5.43 Å². The van der Waals surface area contributed by atoms with E-state index >= 15 is 0 Å². The summed E-state index contributed by atoms with van der Waals surface area (Å²) in [6.07, 6.45) is 8.56. The predicted molar refractivity (Wildman–Crippen MR) is 68.2 cm³/mol. The summed E-state index contributed by atoms with van der Waals surface area (Å²) in [6, 6.07) is 0.749. The molecule has 0 amide bonds. The van der Waals surface area contributed by atoms with Crippen LogP contribution in [0.1, 0.15) is 38.5 Å². The number of likely N-dealkylation sites (N-methyl/N-ethyl adjacent to an activating group) is 1. The second-order valence-corrected chi connectivity index (χ2v) is 5.72. The minimum absolute atomic E-state index is 0.749. The Morgan fingerprint density at radius 2 is 1.88 bits per heavy atom. The van der Waals surface area contributed by atoms with Crippen LogP contribution in [0.4, 0.5) is 0 Å². The Kier molecular flexibility index (Phi) is 4.62. The summed E-state index contributed by atoms with van der Waals surface area (Å²) in [4.78, 5) is 2.35. The third-order valence-electron chi connectivity index (χ3n) is 4.22. The Labute approximate surface area is 100 Å². The Hall–Kier alpha value is -0.120. The van der Waals surface area contributed by atoms with Crippen LogP contribution in [0.3, 0.4) is 0 Å². The average Bonchev–Trinajstić information content (AvgIpc) is 2.76. The summed E-state index contributed by atoms with van der Waals surface area (Å²) >= 11 is 0. The van der Waals surface area contributed by atoms with Crippen molar-refractivity contribution in [2.75, 3.05) is 33.7 Å². The summed E-state index contributed by atoms with van der Waals surface area (Å²) < 4.78 is 0. The Balaban J connectivity index is 1.63. The zero-order valence-corrected chi connectivity index (χ0v) is 10.9. The monoisotopic (exact) mass is 225 g/mol. The molecule has 1 saturated heterocycles. The first-order valence-electron chi connectivity index (χ1n) is 6.90. The molecule has 2 fully saturated rings. The predicted octanol–water partition coefficient (Wildman–Crippen LogP) is 1.71. The highest BCUT2D eigenvalue weighted by Gasteiger charge is 2.24. The smallest absolute Gasteiger partial charge is 0.0287 e. The molecule has 0 aromatic heterocycles. The lowest BCUT2D eigenvalue weighted by Gasteiger charge is -2.26. The Morgan fingerprint density at radius 1 is 1.12 bits per heavy atom. The van der Waals surface area contributed by atoms with E-state index in [4.69, 9.17) is 0 Å². The SMILES string of the molecule is CN(C)C1CCN(NCC2CCCCC2)C1. The largest absolute Gasteiger partial charge is 0.305 e. The fourth-order valence-electron chi connectivity index (χ4n) is 2.96. The number of hydrogen-bond donors (Lipinski definition) is 1. The fourth-order valence-corrected chi connectivity index (χ4v) is 2.96. The van der Waals surface area contributed by atoms with E-state index in [1.807, 2.05) is 0 Å². The number of rotatable bonds is 4. The lowest BCUT2D eigenvalue weighted by molar-refractivity contribution is 0.183. The van der Waals surface area contributed by atoms with Crippen molar-refractivity contribution in [2.24, 2.45) is 5.92 Å². The van der Waals surface area contributed by atoms with Gasteiger partial charge in [0.15, 0.2) is 0 Å². The molecular weight excluding hydrogens is 198 g/mol. The highest BCUT2D eigenvalue weighted by molar-refractivity contribution is 4.79. The molecule has 1 heterocycles. The van der Waals surface area contributed by atoms with Gasteiger partial charge in [-0.2, -0.15) is 0 Å². The van der Waals surface area contributed by atoms with Crippen LogP contribution in [0.25, 0.3) is 0 Å². The highest BCUT2D eigenvalue weighted by atomic mass is 15.5. The topological polar surface area (TPSA) is 18.5 Å². The molecular formula is C13H27N3. The summed E-state index contributed by atoms with van der Waals surface area (Å²) in [5, 5.41) is 2.43. The standard InChI is InChI=1S/C13H27N3/c1-15(2)13-8-9-16(11-13)14-10-12-6-4-3-5-7-12/h12-14H,3-11H2,1-2H3. The summed E-state index contributed by atoms with van der Waals surface area (Å²) in [6.45, 7) is 3.62. The van der Waals surface area contributed by atoms with Gasteiger partial charge in [0.25, 0.3) is 0 Å². The number of hydrogen-bond acceptors (Lipinski definition) is 3. The van der Waals surface area contributed by atoms with E-state index < -0.39 is 0 Å². The van der Waals surface area contributed by atoms with Crippen LogP contribution in [0, 0.1) is 5.92 Å². The first-order valence-corrected chi connectivity index (χ1v) is 6.90. The molecule has 1 aliphatic carbocycles. The van der Waals surface area contributed by atoms with Gasteiger partial charge >= 0.3 is 0 Å². The van der Waals surface area contributed by atoms with Gasteiger partial charge in [-0.3, -0.25) is 5.43 Å². The van der Waals surface area contributed by atoms with Crippen molar-refractivity contribution < 1.29 is 0 Å². The maximum absolute atomic E-state index is 3.64. The van der Waals surface area contributed by atoms with Crippen molar-refractivity contribution in [3.8, 4) is 0 Å². The number of nitrogens with zero attached hydrogens (tertiary/aromatic N) is 2. The van der Waals surface area contributed by atoms with Crippen molar-refractivity contribution >= 4 is 0 Å². The maximum Gasteiger partial charge on any atom is 0.0287 e. The lowest BCUT2D eigenvalue weighted by atomic mass is 9.89. The molecule has 1 unspecified atom stereocenters. The van der Waals surface area contributed by atoms with Crippen LogP contribution >= 0.6 is 0 Å². The van der Waals surface area contributed by atoms with Gasteiger partial charge in [0.05, 0.1) is 0 Å². The van der Waals surface area contributed by atoms with Crippen molar-refractivity contribution in [1.29, 1.82) is 0 Å². The molecule has 2 rings (SSSR count). The van der Waals surface area contributed by atoms with Gasteiger partial charge in [-0.1, -0.05) is 19.3 Å². The number of hydrazine groups is 1. The molecule has 16 heavy (non-hydrogen) atoms. The molecule has 0 aromatic carbocycles. The van der Waals surface area contributed by atoms with Crippen LogP contribution in [0.2, 0.25) is 0 Å². The molecule has 0 spiro atoms. The molecule has 2 aliphatic rings. The maximum atomic E-state index is 3.64. The van der Waals surface area contributed by atoms with E-state index in [0.29, 0.717) is 0 Å². The molecule has 3 heteroatoms. The van der Waals surface area contributed by atoms with E-state index in [1.54, 1.807) is 0 Å². The normalized spacial score (nSPS) is 29.1. The number of nitrogens with one attached hydrogen (secondary N) is 1. The highest BCUT2D eigenvalue weighted by Crippen LogP contribution is 2.23. The average molecular weight is 225 g/mol. The van der Waals surface area contributed by atoms with E-state index in [2.05, 4.69) is 29.4 Å². The molecule has 1 aliphatic heterocycles. The van der Waals surface area contributed by atoms with Gasteiger partial charge in [-0.05, 0) is 39.3 Å². The molecule has 0 radical (unpaired) electrons. The molecule has 1 atom stereocenters. The van der Waals surface area contributed by atoms with E-state index in [1.165, 1.54) is 58.2 Å². The van der Waals surface area contributed by atoms with E-state index in [-0.39, 0.29) is 0 Å². The summed E-state index contributed by atoms with van der Waals surface area (Å²) in [5.41, 5.74) is 3.64. The van der Waals surface area contributed by atoms with Gasteiger partial charge < -0.3 is 4.90 Å². The van der Waals surface area contributed by atoms with Crippen LogP contribution in [-0.4, -0.2) is 49.7 Å². The van der Waals surface area contributed by atoms with Crippen molar-refractivity contribution in [2.45, 2.75) is 44.6 Å². The van der Waals surface area contributed by atoms with Gasteiger partial charge in [-0.25, -0.2) is 5.01 Å². The minimum atomic E-state index is 0.749. The van der Waals surface area contributed by atoms with Gasteiger partial charge in [-0.15, -0.1) is 0 Å². The third kappa shape index (κ3) is 3.44. The van der Waals surface area contributed by atoms with Gasteiger partial charge in [0, 0.05) is 25.7 Å². The second-order valence-electron chi connectivity index (χ2n) is 5.72. The third-order valence-corrected chi connectivity index (χ3v) is 4.22. The van der Waals surface area contributed by atoms with E-state index in [0.717, 1.165) is 12.0 Å². The summed E-state index contributed by atoms with van der Waals surface area (Å²) in [7, 11) is 4.38. The second kappa shape index (κ2) is 5.99. The molecule has 3 nitrogen and oxygen atoms in total.